The number of carbonyl (C=O) groups is 1. The lowest BCUT2D eigenvalue weighted by atomic mass is 9.89. The summed E-state index contributed by atoms with van der Waals surface area (Å²) in [5.41, 5.74) is 3.08. The van der Waals surface area contributed by atoms with Crippen LogP contribution in [0.2, 0.25) is 0 Å². The largest absolute Gasteiger partial charge is 0.374 e. The van der Waals surface area contributed by atoms with Crippen molar-refractivity contribution in [3.8, 4) is 0 Å². The van der Waals surface area contributed by atoms with Gasteiger partial charge in [0.25, 0.3) is 0 Å². The van der Waals surface area contributed by atoms with Crippen molar-refractivity contribution in [2.24, 2.45) is 5.92 Å². The van der Waals surface area contributed by atoms with Gasteiger partial charge in [-0.2, -0.15) is 0 Å². The summed E-state index contributed by atoms with van der Waals surface area (Å²) in [5.74, 6) is 0.746. The first-order chi connectivity index (χ1) is 18.3. The third-order valence-electron chi connectivity index (χ3n) is 6.43. The van der Waals surface area contributed by atoms with E-state index in [9.17, 15) is 4.79 Å². The fourth-order valence-electron chi connectivity index (χ4n) is 4.60. The normalized spacial score (nSPS) is 23.5. The van der Waals surface area contributed by atoms with Crippen LogP contribution >= 0.6 is 11.8 Å². The number of carbonyl (C=O) groups excluding carboxylic acids is 1. The quantitative estimate of drug-likeness (QED) is 0.241. The molecule has 0 aliphatic carbocycles. The summed E-state index contributed by atoms with van der Waals surface area (Å²) < 4.78 is 25.8. The topological polar surface area (TPSA) is 54.0 Å². The smallest absolute Gasteiger partial charge is 0.120 e. The molecular weight excluding hydrogens is 484 g/mol. The van der Waals surface area contributed by atoms with E-state index in [1.54, 1.807) is 11.8 Å². The van der Waals surface area contributed by atoms with Crippen LogP contribution in [0.5, 0.6) is 0 Å². The standard InChI is InChI=1S/C31H36O5S/c1-2-37-31-27(18-19-32)29(34-21-25-14-8-4-9-15-25)30(35-22-26-16-10-5-11-17-26)28(36-31)23-33-20-24-12-6-3-7-13-24/h3-17,19,27-31H,2,18,20-23H2,1H3/t27-,28-,29-,30-,31+/m1/s1. The zero-order chi connectivity index (χ0) is 25.7. The van der Waals surface area contributed by atoms with Crippen LogP contribution < -0.4 is 0 Å². The highest BCUT2D eigenvalue weighted by Gasteiger charge is 2.47. The van der Waals surface area contributed by atoms with Gasteiger partial charge < -0.3 is 23.7 Å². The monoisotopic (exact) mass is 520 g/mol. The van der Waals surface area contributed by atoms with Crippen LogP contribution in [-0.4, -0.2) is 42.4 Å². The molecule has 0 spiro atoms. The lowest BCUT2D eigenvalue weighted by molar-refractivity contribution is -0.227. The van der Waals surface area contributed by atoms with Crippen LogP contribution in [-0.2, 0) is 43.6 Å². The van der Waals surface area contributed by atoms with E-state index in [4.69, 9.17) is 18.9 Å². The molecular formula is C31H36O5S. The van der Waals surface area contributed by atoms with Gasteiger partial charge in [0.05, 0.1) is 32.5 Å². The van der Waals surface area contributed by atoms with Crippen molar-refractivity contribution in [1.29, 1.82) is 0 Å². The lowest BCUT2D eigenvalue weighted by Gasteiger charge is -2.46. The molecule has 5 nitrogen and oxygen atoms in total. The summed E-state index contributed by atoms with van der Waals surface area (Å²) in [6.07, 6.45) is 0.270. The van der Waals surface area contributed by atoms with E-state index < -0.39 is 6.10 Å². The summed E-state index contributed by atoms with van der Waals surface area (Å²) in [6, 6.07) is 30.3. The number of benzene rings is 3. The maximum atomic E-state index is 11.8. The minimum atomic E-state index is -0.390. The van der Waals surface area contributed by atoms with Crippen LogP contribution in [0.15, 0.2) is 91.0 Å². The summed E-state index contributed by atoms with van der Waals surface area (Å²) >= 11 is 1.70. The molecule has 0 aromatic heterocycles. The molecule has 0 bridgehead atoms. The molecule has 1 fully saturated rings. The number of hydrogen-bond acceptors (Lipinski definition) is 6. The number of thioether (sulfide) groups is 1. The van der Waals surface area contributed by atoms with Crippen LogP contribution in [0.3, 0.4) is 0 Å². The zero-order valence-electron chi connectivity index (χ0n) is 21.3. The molecule has 0 unspecified atom stereocenters. The zero-order valence-corrected chi connectivity index (χ0v) is 22.1. The van der Waals surface area contributed by atoms with E-state index in [2.05, 4.69) is 6.92 Å². The number of ether oxygens (including phenoxy) is 4. The second-order valence-electron chi connectivity index (χ2n) is 9.09. The van der Waals surface area contributed by atoms with E-state index in [0.717, 1.165) is 28.7 Å². The van der Waals surface area contributed by atoms with Crippen LogP contribution in [0.4, 0.5) is 0 Å². The molecule has 1 aliphatic heterocycles. The average molecular weight is 521 g/mol. The molecule has 196 valence electrons. The Morgan fingerprint density at radius 3 is 1.78 bits per heavy atom. The number of aldehydes is 1. The molecule has 6 heteroatoms. The summed E-state index contributed by atoms with van der Waals surface area (Å²) in [5, 5.41) is 0. The first kappa shape index (κ1) is 27.6. The van der Waals surface area contributed by atoms with Gasteiger partial charge in [-0.05, 0) is 22.4 Å². The predicted octanol–water partition coefficient (Wildman–Crippen LogP) is 6.06. The van der Waals surface area contributed by atoms with Crippen molar-refractivity contribution in [2.45, 2.75) is 56.9 Å². The van der Waals surface area contributed by atoms with Gasteiger partial charge in [-0.15, -0.1) is 11.8 Å². The second-order valence-corrected chi connectivity index (χ2v) is 10.5. The van der Waals surface area contributed by atoms with E-state index in [1.807, 2.05) is 91.0 Å². The Morgan fingerprint density at radius 1 is 0.757 bits per heavy atom. The fourth-order valence-corrected chi connectivity index (χ4v) is 5.66. The number of hydrogen-bond donors (Lipinski definition) is 0. The Bertz CT molecular complexity index is 1030. The maximum absolute atomic E-state index is 11.8. The Morgan fingerprint density at radius 2 is 1.27 bits per heavy atom. The second kappa shape index (κ2) is 15.1. The van der Waals surface area contributed by atoms with Crippen molar-refractivity contribution in [3.05, 3.63) is 108 Å². The molecule has 3 aromatic rings. The van der Waals surface area contributed by atoms with Crippen molar-refractivity contribution >= 4 is 18.0 Å². The summed E-state index contributed by atoms with van der Waals surface area (Å²) in [4.78, 5) is 11.8. The molecule has 1 heterocycles. The average Bonchev–Trinajstić information content (AvgIpc) is 2.94. The molecule has 1 aliphatic rings. The van der Waals surface area contributed by atoms with Crippen molar-refractivity contribution in [1.82, 2.24) is 0 Å². The summed E-state index contributed by atoms with van der Waals surface area (Å²) in [6.45, 7) is 3.83. The molecule has 5 atom stereocenters. The van der Waals surface area contributed by atoms with E-state index >= 15 is 0 Å². The lowest BCUT2D eigenvalue weighted by Crippen LogP contribution is -2.57. The van der Waals surface area contributed by atoms with Crippen molar-refractivity contribution in [3.63, 3.8) is 0 Å². The molecule has 3 aromatic carbocycles. The molecule has 4 rings (SSSR count). The molecule has 0 saturated carbocycles. The molecule has 1 saturated heterocycles. The minimum Gasteiger partial charge on any atom is -0.374 e. The third kappa shape index (κ3) is 8.25. The molecule has 0 radical (unpaired) electrons. The molecule has 37 heavy (non-hydrogen) atoms. The van der Waals surface area contributed by atoms with Crippen molar-refractivity contribution in [2.75, 3.05) is 12.4 Å². The van der Waals surface area contributed by atoms with Gasteiger partial charge in [-0.25, -0.2) is 0 Å². The predicted molar refractivity (Wildman–Crippen MR) is 147 cm³/mol. The Balaban J connectivity index is 1.56. The van der Waals surface area contributed by atoms with Gasteiger partial charge in [0.15, 0.2) is 0 Å². The highest BCUT2D eigenvalue weighted by atomic mass is 32.2. The third-order valence-corrected chi connectivity index (χ3v) is 7.56. The maximum Gasteiger partial charge on any atom is 0.120 e. The Hall–Kier alpha value is -2.48. The minimum absolute atomic E-state index is 0.127. The summed E-state index contributed by atoms with van der Waals surface area (Å²) in [7, 11) is 0. The first-order valence-electron chi connectivity index (χ1n) is 12.9. The SMILES string of the molecule is CCS[C@@H]1O[C@H](COCc2ccccc2)[C@@H](OCc2ccccc2)[C@H](OCc2ccccc2)[C@H]1CC=O. The highest BCUT2D eigenvalue weighted by Crippen LogP contribution is 2.38. The van der Waals surface area contributed by atoms with E-state index in [-0.39, 0.29) is 23.6 Å². The van der Waals surface area contributed by atoms with Crippen LogP contribution in [0, 0.1) is 5.92 Å². The first-order valence-corrected chi connectivity index (χ1v) is 14.0. The van der Waals surface area contributed by atoms with Crippen LogP contribution in [0.25, 0.3) is 0 Å². The Kier molecular flexibility index (Phi) is 11.2. The molecule has 0 amide bonds. The van der Waals surface area contributed by atoms with Gasteiger partial charge in [-0.1, -0.05) is 97.9 Å². The van der Waals surface area contributed by atoms with E-state index in [1.165, 1.54) is 0 Å². The van der Waals surface area contributed by atoms with Crippen molar-refractivity contribution < 1.29 is 23.7 Å². The van der Waals surface area contributed by atoms with Gasteiger partial charge in [0.2, 0.25) is 0 Å². The Labute approximate surface area is 224 Å². The van der Waals surface area contributed by atoms with Gasteiger partial charge >= 0.3 is 0 Å². The highest BCUT2D eigenvalue weighted by molar-refractivity contribution is 7.99. The molecule has 0 N–H and O–H groups in total. The number of rotatable bonds is 14. The van der Waals surface area contributed by atoms with Gasteiger partial charge in [0.1, 0.15) is 23.9 Å². The van der Waals surface area contributed by atoms with Crippen LogP contribution in [0.1, 0.15) is 30.0 Å². The van der Waals surface area contributed by atoms with E-state index in [0.29, 0.717) is 32.8 Å². The van der Waals surface area contributed by atoms with Gasteiger partial charge in [-0.3, -0.25) is 0 Å². The van der Waals surface area contributed by atoms with Gasteiger partial charge in [0, 0.05) is 12.3 Å². The fraction of sp³-hybridized carbons (Fsp3) is 0.387.